The first kappa shape index (κ1) is 14.7. The van der Waals surface area contributed by atoms with Crippen LogP contribution < -0.4 is 0 Å². The lowest BCUT2D eigenvalue weighted by Crippen LogP contribution is -2.02. The molecule has 3 aromatic rings. The van der Waals surface area contributed by atoms with E-state index in [2.05, 4.69) is 0 Å². The fourth-order valence-corrected chi connectivity index (χ4v) is 2.87. The summed E-state index contributed by atoms with van der Waals surface area (Å²) in [5, 5.41) is 9.41. The maximum atomic E-state index is 12.1. The molecule has 4 nitrogen and oxygen atoms in total. The van der Waals surface area contributed by atoms with Gasteiger partial charge in [0.15, 0.2) is 11.6 Å². The lowest BCUT2D eigenvalue weighted by Gasteiger charge is -2.04. The smallest absolute Gasteiger partial charge is 0.163 e. The normalized spacial score (nSPS) is 10.5. The van der Waals surface area contributed by atoms with E-state index in [0.29, 0.717) is 11.1 Å². The van der Waals surface area contributed by atoms with E-state index in [9.17, 15) is 14.9 Å². The number of Topliss-reactive ketones (excluding diaryl/α,β-unsaturated/α-hetero) is 2. The van der Waals surface area contributed by atoms with Crippen molar-refractivity contribution in [3.63, 3.8) is 0 Å². The van der Waals surface area contributed by atoms with Gasteiger partial charge in [0.2, 0.25) is 0 Å². The van der Waals surface area contributed by atoms with Crippen LogP contribution in [0.15, 0.2) is 48.7 Å². The van der Waals surface area contributed by atoms with Crippen molar-refractivity contribution in [2.75, 3.05) is 0 Å². The Kier molecular flexibility index (Phi) is 3.55. The molecule has 0 aliphatic carbocycles. The number of nitriles is 1. The summed E-state index contributed by atoms with van der Waals surface area (Å²) in [4.78, 5) is 24.0. The van der Waals surface area contributed by atoms with E-state index in [1.807, 2.05) is 48.5 Å². The van der Waals surface area contributed by atoms with Crippen molar-refractivity contribution in [2.24, 2.45) is 0 Å². The highest BCUT2D eigenvalue weighted by Crippen LogP contribution is 2.28. The first-order valence-electron chi connectivity index (χ1n) is 7.20. The van der Waals surface area contributed by atoms with Crippen molar-refractivity contribution in [3.8, 4) is 17.2 Å². The molecule has 0 unspecified atom stereocenters. The number of aromatic nitrogens is 1. The second-order valence-corrected chi connectivity index (χ2v) is 5.36. The summed E-state index contributed by atoms with van der Waals surface area (Å²) in [7, 11) is 0. The minimum Gasteiger partial charge on any atom is -0.307 e. The highest BCUT2D eigenvalue weighted by atomic mass is 16.1. The SMILES string of the molecule is CC(=O)c1c(C(C)=O)c2cc(-c3ccccc3)ccn2c1C#N. The van der Waals surface area contributed by atoms with E-state index in [4.69, 9.17) is 0 Å². The predicted molar refractivity (Wildman–Crippen MR) is 87.6 cm³/mol. The van der Waals surface area contributed by atoms with Gasteiger partial charge in [0, 0.05) is 6.20 Å². The topological polar surface area (TPSA) is 62.3 Å². The maximum Gasteiger partial charge on any atom is 0.163 e. The summed E-state index contributed by atoms with van der Waals surface area (Å²) in [6, 6.07) is 15.5. The summed E-state index contributed by atoms with van der Waals surface area (Å²) in [5.41, 5.74) is 3.24. The van der Waals surface area contributed by atoms with E-state index in [1.165, 1.54) is 13.8 Å². The number of nitrogens with zero attached hydrogens (tertiary/aromatic N) is 2. The van der Waals surface area contributed by atoms with Gasteiger partial charge in [-0.05, 0) is 37.1 Å². The molecule has 3 rings (SSSR count). The zero-order valence-corrected chi connectivity index (χ0v) is 12.8. The van der Waals surface area contributed by atoms with Crippen LogP contribution in [0.25, 0.3) is 16.6 Å². The van der Waals surface area contributed by atoms with Crippen molar-refractivity contribution in [3.05, 3.63) is 65.5 Å². The summed E-state index contributed by atoms with van der Waals surface area (Å²) in [5.74, 6) is -0.504. The molecule has 0 N–H and O–H groups in total. The first-order valence-corrected chi connectivity index (χ1v) is 7.20. The van der Waals surface area contributed by atoms with Gasteiger partial charge in [-0.2, -0.15) is 5.26 Å². The predicted octanol–water partition coefficient (Wildman–Crippen LogP) is 3.88. The lowest BCUT2D eigenvalue weighted by atomic mass is 10.0. The van der Waals surface area contributed by atoms with E-state index < -0.39 is 0 Å². The third kappa shape index (κ3) is 2.33. The average molecular weight is 302 g/mol. The molecule has 0 saturated heterocycles. The van der Waals surface area contributed by atoms with E-state index >= 15 is 0 Å². The fourth-order valence-electron chi connectivity index (χ4n) is 2.87. The Morgan fingerprint density at radius 1 is 0.957 bits per heavy atom. The minimum atomic E-state index is -0.281. The number of hydrogen-bond acceptors (Lipinski definition) is 3. The van der Waals surface area contributed by atoms with Gasteiger partial charge >= 0.3 is 0 Å². The molecule has 0 spiro atoms. The summed E-state index contributed by atoms with van der Waals surface area (Å²) in [6.45, 7) is 2.79. The van der Waals surface area contributed by atoms with Crippen molar-refractivity contribution in [2.45, 2.75) is 13.8 Å². The van der Waals surface area contributed by atoms with Crippen molar-refractivity contribution >= 4 is 17.1 Å². The van der Waals surface area contributed by atoms with Gasteiger partial charge in [0.25, 0.3) is 0 Å². The van der Waals surface area contributed by atoms with Gasteiger partial charge in [-0.25, -0.2) is 0 Å². The standard InChI is InChI=1S/C19H14N2O2/c1-12(22)18-16-10-15(14-6-4-3-5-7-14)8-9-21(16)17(11-20)19(18)13(2)23/h3-10H,1-2H3. The van der Waals surface area contributed by atoms with E-state index in [0.717, 1.165) is 11.1 Å². The van der Waals surface area contributed by atoms with Crippen LogP contribution in [0, 0.1) is 11.3 Å². The molecule has 0 aliphatic heterocycles. The summed E-state index contributed by atoms with van der Waals surface area (Å²) in [6.07, 6.45) is 1.73. The van der Waals surface area contributed by atoms with Crippen molar-refractivity contribution in [1.29, 1.82) is 5.26 Å². The highest BCUT2D eigenvalue weighted by Gasteiger charge is 2.24. The van der Waals surface area contributed by atoms with Gasteiger partial charge < -0.3 is 4.40 Å². The summed E-state index contributed by atoms with van der Waals surface area (Å²) < 4.78 is 1.61. The van der Waals surface area contributed by atoms with Crippen molar-refractivity contribution in [1.82, 2.24) is 4.40 Å². The molecule has 112 valence electrons. The number of pyridine rings is 1. The fraction of sp³-hybridized carbons (Fsp3) is 0.105. The van der Waals surface area contributed by atoms with Gasteiger partial charge in [-0.15, -0.1) is 0 Å². The van der Waals surface area contributed by atoms with Crippen LogP contribution >= 0.6 is 0 Å². The minimum absolute atomic E-state index is 0.199. The number of rotatable bonds is 3. The Morgan fingerprint density at radius 3 is 2.17 bits per heavy atom. The Bertz CT molecular complexity index is 976. The number of carbonyl (C=O) groups excluding carboxylic acids is 2. The van der Waals surface area contributed by atoms with Gasteiger partial charge in [0.05, 0.1) is 16.6 Å². The molecule has 0 bridgehead atoms. The van der Waals surface area contributed by atoms with Crippen LogP contribution in [0.1, 0.15) is 40.3 Å². The molecule has 1 aromatic carbocycles. The third-order valence-corrected chi connectivity index (χ3v) is 3.86. The largest absolute Gasteiger partial charge is 0.307 e. The molecule has 4 heteroatoms. The number of ketones is 2. The van der Waals surface area contributed by atoms with E-state index in [1.54, 1.807) is 10.6 Å². The van der Waals surface area contributed by atoms with Crippen LogP contribution in [-0.2, 0) is 0 Å². The molecule has 0 fully saturated rings. The molecule has 0 saturated carbocycles. The molecule has 2 heterocycles. The van der Waals surface area contributed by atoms with Crippen LogP contribution in [0.3, 0.4) is 0 Å². The second kappa shape index (κ2) is 5.54. The van der Waals surface area contributed by atoms with Gasteiger partial charge in [0.1, 0.15) is 11.8 Å². The zero-order valence-electron chi connectivity index (χ0n) is 12.8. The molecule has 2 aromatic heterocycles. The second-order valence-electron chi connectivity index (χ2n) is 5.36. The van der Waals surface area contributed by atoms with Gasteiger partial charge in [-0.3, -0.25) is 9.59 Å². The Hall–Kier alpha value is -3.19. The van der Waals surface area contributed by atoms with Crippen LogP contribution in [-0.4, -0.2) is 16.0 Å². The summed E-state index contributed by atoms with van der Waals surface area (Å²) >= 11 is 0. The van der Waals surface area contributed by atoms with Crippen molar-refractivity contribution < 1.29 is 9.59 Å². The van der Waals surface area contributed by atoms with Crippen LogP contribution in [0.2, 0.25) is 0 Å². The zero-order chi connectivity index (χ0) is 16.6. The third-order valence-electron chi connectivity index (χ3n) is 3.86. The Labute approximate surface area is 133 Å². The Balaban J connectivity index is 2.40. The maximum absolute atomic E-state index is 12.1. The van der Waals surface area contributed by atoms with E-state index in [-0.39, 0.29) is 22.8 Å². The monoisotopic (exact) mass is 302 g/mol. The number of benzene rings is 1. The molecule has 23 heavy (non-hydrogen) atoms. The first-order chi connectivity index (χ1) is 11.0. The van der Waals surface area contributed by atoms with Gasteiger partial charge in [-0.1, -0.05) is 30.3 Å². The molecule has 0 aliphatic rings. The number of carbonyl (C=O) groups is 2. The van der Waals surface area contributed by atoms with Crippen LogP contribution in [0.4, 0.5) is 0 Å². The number of fused-ring (bicyclic) bond motifs is 1. The number of hydrogen-bond donors (Lipinski definition) is 0. The lowest BCUT2D eigenvalue weighted by molar-refractivity contribution is 0.0982. The molecule has 0 radical (unpaired) electrons. The quantitative estimate of drug-likeness (QED) is 0.690. The Morgan fingerprint density at radius 2 is 1.61 bits per heavy atom. The average Bonchev–Trinajstić information content (AvgIpc) is 2.89. The molecular weight excluding hydrogens is 288 g/mol. The molecule has 0 atom stereocenters. The highest BCUT2D eigenvalue weighted by molar-refractivity contribution is 6.13. The molecule has 0 amide bonds. The van der Waals surface area contributed by atoms with Crippen LogP contribution in [0.5, 0.6) is 0 Å². The molecular formula is C19H14N2O2.